The molecule has 1 nitrogen and oxygen atoms in total. The largest absolute Gasteiger partial charge is 0.310 e. The van der Waals surface area contributed by atoms with E-state index in [1.165, 1.54) is 27.3 Å². The zero-order valence-electron chi connectivity index (χ0n) is 18.7. The summed E-state index contributed by atoms with van der Waals surface area (Å²) in [5, 5.41) is 4.71. The summed E-state index contributed by atoms with van der Waals surface area (Å²) in [5.41, 5.74) is 6.58. The van der Waals surface area contributed by atoms with Crippen molar-refractivity contribution >= 4 is 51.9 Å². The smallest absolute Gasteiger partial charge is 0.114 e. The number of anilines is 3. The van der Waals surface area contributed by atoms with E-state index in [1.54, 1.807) is 0 Å². The van der Waals surface area contributed by atoms with Crippen LogP contribution in [0.3, 0.4) is 0 Å². The van der Waals surface area contributed by atoms with Crippen molar-refractivity contribution in [3.05, 3.63) is 133 Å². The SMILES string of the molecule is [B]c1ccc(-c2ccc(N(c3ccccc3)c3cccc4ccccc34)cc2)c2ccccc12. The third kappa shape index (κ3) is 3.54. The van der Waals surface area contributed by atoms with E-state index in [2.05, 4.69) is 126 Å². The molecule has 2 heteroatoms. The first-order valence-corrected chi connectivity index (χ1v) is 11.5. The van der Waals surface area contributed by atoms with Gasteiger partial charge < -0.3 is 4.90 Å². The third-order valence-electron chi connectivity index (χ3n) is 6.42. The molecule has 0 amide bonds. The van der Waals surface area contributed by atoms with Crippen molar-refractivity contribution in [3.63, 3.8) is 0 Å². The molecule has 0 unspecified atom stereocenters. The molecule has 0 saturated carbocycles. The van der Waals surface area contributed by atoms with E-state index in [9.17, 15) is 0 Å². The second-order valence-electron chi connectivity index (χ2n) is 8.46. The first-order valence-electron chi connectivity index (χ1n) is 11.5. The van der Waals surface area contributed by atoms with Crippen LogP contribution in [0.15, 0.2) is 133 Å². The molecule has 0 atom stereocenters. The highest BCUT2D eigenvalue weighted by atomic mass is 15.1. The summed E-state index contributed by atoms with van der Waals surface area (Å²) in [4.78, 5) is 2.33. The molecule has 6 aromatic carbocycles. The lowest BCUT2D eigenvalue weighted by molar-refractivity contribution is 1.30. The van der Waals surface area contributed by atoms with Crippen LogP contribution in [-0.2, 0) is 0 Å². The second-order valence-corrected chi connectivity index (χ2v) is 8.46. The molecule has 0 bridgehead atoms. The number of nitrogens with zero attached hydrogens (tertiary/aromatic N) is 1. The van der Waals surface area contributed by atoms with Gasteiger partial charge in [-0.15, -0.1) is 0 Å². The molecule has 2 radical (unpaired) electrons. The van der Waals surface area contributed by atoms with Crippen LogP contribution in [0, 0.1) is 0 Å². The van der Waals surface area contributed by atoms with Gasteiger partial charge in [0.2, 0.25) is 0 Å². The Kier molecular flexibility index (Phi) is 5.12. The summed E-state index contributed by atoms with van der Waals surface area (Å²) in [6.07, 6.45) is 0. The highest BCUT2D eigenvalue weighted by Crippen LogP contribution is 2.39. The molecule has 0 N–H and O–H groups in total. The molecule has 0 heterocycles. The maximum absolute atomic E-state index is 6.23. The molecule has 0 aliphatic carbocycles. The van der Waals surface area contributed by atoms with E-state index < -0.39 is 0 Å². The Balaban J connectivity index is 1.50. The Morgan fingerprint density at radius 3 is 1.85 bits per heavy atom. The van der Waals surface area contributed by atoms with E-state index in [-0.39, 0.29) is 0 Å². The number of hydrogen-bond acceptors (Lipinski definition) is 1. The zero-order valence-corrected chi connectivity index (χ0v) is 18.7. The molecule has 158 valence electrons. The quantitative estimate of drug-likeness (QED) is 0.256. The topological polar surface area (TPSA) is 3.24 Å². The van der Waals surface area contributed by atoms with Crippen molar-refractivity contribution in [1.29, 1.82) is 0 Å². The minimum atomic E-state index is 0.808. The van der Waals surface area contributed by atoms with E-state index in [1.807, 2.05) is 12.1 Å². The van der Waals surface area contributed by atoms with Crippen LogP contribution in [0.2, 0.25) is 0 Å². The van der Waals surface area contributed by atoms with Gasteiger partial charge in [0.25, 0.3) is 0 Å². The molecule has 0 aliphatic heterocycles. The summed E-state index contributed by atoms with van der Waals surface area (Å²) in [7, 11) is 6.23. The van der Waals surface area contributed by atoms with Crippen molar-refractivity contribution in [2.75, 3.05) is 4.90 Å². The Hall–Kier alpha value is -4.30. The van der Waals surface area contributed by atoms with Crippen molar-refractivity contribution in [1.82, 2.24) is 0 Å². The monoisotopic (exact) mass is 431 g/mol. The lowest BCUT2D eigenvalue weighted by Crippen LogP contribution is -2.10. The molecular weight excluding hydrogens is 409 g/mol. The fourth-order valence-electron chi connectivity index (χ4n) is 4.77. The van der Waals surface area contributed by atoms with Crippen LogP contribution < -0.4 is 10.4 Å². The molecular formula is C32H22BN. The van der Waals surface area contributed by atoms with Gasteiger partial charge in [0, 0.05) is 16.8 Å². The van der Waals surface area contributed by atoms with Gasteiger partial charge in [-0.05, 0) is 57.6 Å². The Labute approximate surface area is 201 Å². The predicted molar refractivity (Wildman–Crippen MR) is 147 cm³/mol. The first kappa shape index (κ1) is 20.3. The number of rotatable bonds is 4. The van der Waals surface area contributed by atoms with Crippen LogP contribution >= 0.6 is 0 Å². The van der Waals surface area contributed by atoms with Crippen LogP contribution in [-0.4, -0.2) is 7.85 Å². The molecule has 6 aromatic rings. The number of benzene rings is 6. The van der Waals surface area contributed by atoms with E-state index >= 15 is 0 Å². The van der Waals surface area contributed by atoms with Crippen LogP contribution in [0.4, 0.5) is 17.1 Å². The van der Waals surface area contributed by atoms with Gasteiger partial charge >= 0.3 is 0 Å². The van der Waals surface area contributed by atoms with Crippen molar-refractivity contribution in [3.8, 4) is 11.1 Å². The van der Waals surface area contributed by atoms with Crippen molar-refractivity contribution in [2.45, 2.75) is 0 Å². The first-order chi connectivity index (χ1) is 16.8. The van der Waals surface area contributed by atoms with Crippen LogP contribution in [0.1, 0.15) is 0 Å². The molecule has 0 saturated heterocycles. The van der Waals surface area contributed by atoms with Crippen molar-refractivity contribution < 1.29 is 0 Å². The van der Waals surface area contributed by atoms with E-state index in [0.717, 1.165) is 27.9 Å². The minimum Gasteiger partial charge on any atom is -0.310 e. The summed E-state index contributed by atoms with van der Waals surface area (Å²) >= 11 is 0. The third-order valence-corrected chi connectivity index (χ3v) is 6.42. The van der Waals surface area contributed by atoms with Gasteiger partial charge in [-0.25, -0.2) is 0 Å². The average Bonchev–Trinajstić information content (AvgIpc) is 2.91. The van der Waals surface area contributed by atoms with Crippen LogP contribution in [0.25, 0.3) is 32.7 Å². The van der Waals surface area contributed by atoms with Gasteiger partial charge in [-0.2, -0.15) is 0 Å². The van der Waals surface area contributed by atoms with Gasteiger partial charge in [-0.1, -0.05) is 109 Å². The lowest BCUT2D eigenvalue weighted by Gasteiger charge is -2.27. The molecule has 6 rings (SSSR count). The lowest BCUT2D eigenvalue weighted by atomic mass is 9.86. The fourth-order valence-corrected chi connectivity index (χ4v) is 4.77. The summed E-state index contributed by atoms with van der Waals surface area (Å²) in [5.74, 6) is 0. The Bertz CT molecular complexity index is 1600. The Morgan fingerprint density at radius 2 is 1.06 bits per heavy atom. The molecule has 0 aliphatic rings. The van der Waals surface area contributed by atoms with Gasteiger partial charge in [-0.3, -0.25) is 0 Å². The van der Waals surface area contributed by atoms with Gasteiger partial charge in [0.15, 0.2) is 0 Å². The summed E-state index contributed by atoms with van der Waals surface area (Å²) in [6, 6.07) is 46.8. The van der Waals surface area contributed by atoms with Crippen LogP contribution in [0.5, 0.6) is 0 Å². The second kappa shape index (κ2) is 8.57. The Morgan fingerprint density at radius 1 is 0.441 bits per heavy atom. The minimum absolute atomic E-state index is 0.808. The van der Waals surface area contributed by atoms with Crippen molar-refractivity contribution in [2.24, 2.45) is 0 Å². The van der Waals surface area contributed by atoms with Gasteiger partial charge in [0.1, 0.15) is 7.85 Å². The number of hydrogen-bond donors (Lipinski definition) is 0. The van der Waals surface area contributed by atoms with E-state index in [0.29, 0.717) is 0 Å². The molecule has 0 aromatic heterocycles. The maximum atomic E-state index is 6.23. The highest BCUT2D eigenvalue weighted by molar-refractivity contribution is 6.39. The summed E-state index contributed by atoms with van der Waals surface area (Å²) < 4.78 is 0. The zero-order chi connectivity index (χ0) is 22.9. The van der Waals surface area contributed by atoms with E-state index in [4.69, 9.17) is 7.85 Å². The normalized spacial score (nSPS) is 11.1. The molecule has 0 fully saturated rings. The predicted octanol–water partition coefficient (Wildman–Crippen LogP) is 7.92. The molecule has 34 heavy (non-hydrogen) atoms. The number of fused-ring (bicyclic) bond motifs is 2. The average molecular weight is 431 g/mol. The molecule has 0 spiro atoms. The fraction of sp³-hybridized carbons (Fsp3) is 0. The summed E-state index contributed by atoms with van der Waals surface area (Å²) in [6.45, 7) is 0. The highest BCUT2D eigenvalue weighted by Gasteiger charge is 2.15. The maximum Gasteiger partial charge on any atom is 0.114 e. The standard InChI is InChI=1S/C32H22BN/c33-31-22-21-27(29-14-6-7-15-30(29)31)24-17-19-26(20-18-24)34(25-11-2-1-3-12-25)32-16-8-10-23-9-4-5-13-28(23)32/h1-22H. The van der Waals surface area contributed by atoms with Gasteiger partial charge in [0.05, 0.1) is 5.69 Å². The number of para-hydroxylation sites is 1.